The van der Waals surface area contributed by atoms with Gasteiger partial charge in [-0.1, -0.05) is 13.0 Å². The van der Waals surface area contributed by atoms with E-state index in [1.54, 1.807) is 19.1 Å². The van der Waals surface area contributed by atoms with Crippen molar-refractivity contribution in [3.63, 3.8) is 0 Å². The van der Waals surface area contributed by atoms with Gasteiger partial charge in [-0.3, -0.25) is 0 Å². The molecule has 1 saturated heterocycles. The van der Waals surface area contributed by atoms with Gasteiger partial charge in [-0.25, -0.2) is 4.39 Å². The van der Waals surface area contributed by atoms with E-state index in [4.69, 9.17) is 0 Å². The highest BCUT2D eigenvalue weighted by atomic mass is 19.1. The molecule has 18 heavy (non-hydrogen) atoms. The topological polar surface area (TPSA) is 43.7 Å². The molecule has 1 aromatic rings. The monoisotopic (exact) mass is 253 g/mol. The van der Waals surface area contributed by atoms with Crippen molar-refractivity contribution in [1.82, 2.24) is 0 Å². The summed E-state index contributed by atoms with van der Waals surface area (Å²) in [4.78, 5) is 1.87. The number of β-amino-alcohol motifs (C(OH)–C–C–N with tert-alkyl or cyclic N) is 1. The summed E-state index contributed by atoms with van der Waals surface area (Å²) in [6, 6.07) is 4.78. The molecule has 1 fully saturated rings. The standard InChI is InChI=1S/C14H20FNO2/c1-9-5-6-16(8-14(9)18)13-4-3-11(10(2)17)7-12(13)15/h3-4,7,9-10,14,17-18H,5-6,8H2,1-2H3. The maximum absolute atomic E-state index is 14.0. The summed E-state index contributed by atoms with van der Waals surface area (Å²) in [6.07, 6.45) is -0.214. The van der Waals surface area contributed by atoms with E-state index in [2.05, 4.69) is 0 Å². The van der Waals surface area contributed by atoms with Gasteiger partial charge in [-0.2, -0.15) is 0 Å². The van der Waals surface area contributed by atoms with Crippen molar-refractivity contribution in [3.05, 3.63) is 29.6 Å². The third-order valence-electron chi connectivity index (χ3n) is 3.71. The zero-order chi connectivity index (χ0) is 13.3. The molecule has 0 bridgehead atoms. The number of piperidine rings is 1. The van der Waals surface area contributed by atoms with Crippen LogP contribution in [-0.4, -0.2) is 29.4 Å². The maximum atomic E-state index is 14.0. The van der Waals surface area contributed by atoms with Gasteiger partial charge in [-0.15, -0.1) is 0 Å². The van der Waals surface area contributed by atoms with Crippen molar-refractivity contribution in [1.29, 1.82) is 0 Å². The predicted molar refractivity (Wildman–Crippen MR) is 69.0 cm³/mol. The molecule has 0 saturated carbocycles. The third-order valence-corrected chi connectivity index (χ3v) is 3.71. The Balaban J connectivity index is 2.19. The van der Waals surface area contributed by atoms with Gasteiger partial charge >= 0.3 is 0 Å². The van der Waals surface area contributed by atoms with E-state index in [9.17, 15) is 14.6 Å². The number of aliphatic hydroxyl groups excluding tert-OH is 2. The molecule has 0 spiro atoms. The van der Waals surface area contributed by atoms with Crippen molar-refractivity contribution < 1.29 is 14.6 Å². The molecule has 2 N–H and O–H groups in total. The van der Waals surface area contributed by atoms with E-state index in [1.807, 2.05) is 11.8 Å². The quantitative estimate of drug-likeness (QED) is 0.848. The molecule has 0 amide bonds. The molecule has 0 aliphatic carbocycles. The molecule has 2 rings (SSSR count). The number of hydrogen-bond donors (Lipinski definition) is 2. The largest absolute Gasteiger partial charge is 0.391 e. The van der Waals surface area contributed by atoms with Crippen LogP contribution in [0.4, 0.5) is 10.1 Å². The molecule has 1 heterocycles. The first-order valence-corrected chi connectivity index (χ1v) is 6.39. The third kappa shape index (κ3) is 2.65. The summed E-state index contributed by atoms with van der Waals surface area (Å²) in [6.45, 7) is 4.84. The Morgan fingerprint density at radius 3 is 2.72 bits per heavy atom. The Morgan fingerprint density at radius 1 is 1.44 bits per heavy atom. The summed E-state index contributed by atoms with van der Waals surface area (Å²) in [7, 11) is 0. The molecule has 1 aliphatic rings. The fourth-order valence-electron chi connectivity index (χ4n) is 2.31. The van der Waals surface area contributed by atoms with Crippen LogP contribution in [0, 0.1) is 11.7 Å². The van der Waals surface area contributed by atoms with Crippen LogP contribution in [0.5, 0.6) is 0 Å². The zero-order valence-corrected chi connectivity index (χ0v) is 10.8. The smallest absolute Gasteiger partial charge is 0.146 e. The molecule has 0 aromatic heterocycles. The average Bonchev–Trinajstić information content (AvgIpc) is 2.32. The van der Waals surface area contributed by atoms with E-state index in [1.165, 1.54) is 6.07 Å². The Kier molecular flexibility index (Phi) is 3.88. The van der Waals surface area contributed by atoms with Crippen LogP contribution in [-0.2, 0) is 0 Å². The highest BCUT2D eigenvalue weighted by molar-refractivity contribution is 5.50. The van der Waals surface area contributed by atoms with E-state index in [0.717, 1.165) is 13.0 Å². The number of aliphatic hydroxyl groups is 2. The summed E-state index contributed by atoms with van der Waals surface area (Å²) in [5, 5.41) is 19.2. The van der Waals surface area contributed by atoms with E-state index in [-0.39, 0.29) is 11.7 Å². The summed E-state index contributed by atoms with van der Waals surface area (Å²) in [5.74, 6) is -0.0730. The van der Waals surface area contributed by atoms with Crippen LogP contribution >= 0.6 is 0 Å². The highest BCUT2D eigenvalue weighted by Crippen LogP contribution is 2.27. The lowest BCUT2D eigenvalue weighted by atomic mass is 9.95. The van der Waals surface area contributed by atoms with Crippen LogP contribution in [0.15, 0.2) is 18.2 Å². The van der Waals surface area contributed by atoms with Crippen LogP contribution in [0.25, 0.3) is 0 Å². The van der Waals surface area contributed by atoms with Crippen LogP contribution < -0.4 is 4.90 Å². The summed E-state index contributed by atoms with van der Waals surface area (Å²) in [5.41, 5.74) is 1.08. The molecule has 0 radical (unpaired) electrons. The SMILES string of the molecule is CC(O)c1ccc(N2CCC(C)C(O)C2)c(F)c1. The molecule has 1 aromatic carbocycles. The molecule has 3 unspecified atom stereocenters. The highest BCUT2D eigenvalue weighted by Gasteiger charge is 2.25. The minimum Gasteiger partial charge on any atom is -0.391 e. The predicted octanol–water partition coefficient (Wildman–Crippen LogP) is 2.09. The maximum Gasteiger partial charge on any atom is 0.146 e. The Labute approximate surface area is 107 Å². The van der Waals surface area contributed by atoms with Gasteiger partial charge in [0.05, 0.1) is 17.9 Å². The second kappa shape index (κ2) is 5.24. The van der Waals surface area contributed by atoms with Gasteiger partial charge in [0.1, 0.15) is 5.82 Å². The zero-order valence-electron chi connectivity index (χ0n) is 10.8. The van der Waals surface area contributed by atoms with Crippen molar-refractivity contribution >= 4 is 5.69 Å². The van der Waals surface area contributed by atoms with Crippen molar-refractivity contribution in [2.24, 2.45) is 5.92 Å². The van der Waals surface area contributed by atoms with E-state index < -0.39 is 12.2 Å². The van der Waals surface area contributed by atoms with Crippen molar-refractivity contribution in [2.45, 2.75) is 32.5 Å². The number of halogens is 1. The molecule has 3 nitrogen and oxygen atoms in total. The minimum atomic E-state index is -0.666. The lowest BCUT2D eigenvalue weighted by Gasteiger charge is -2.36. The lowest BCUT2D eigenvalue weighted by Crippen LogP contribution is -2.43. The van der Waals surface area contributed by atoms with Crippen LogP contribution in [0.1, 0.15) is 31.9 Å². The van der Waals surface area contributed by atoms with Crippen molar-refractivity contribution in [3.8, 4) is 0 Å². The first-order valence-electron chi connectivity index (χ1n) is 6.39. The lowest BCUT2D eigenvalue weighted by molar-refractivity contribution is 0.102. The van der Waals surface area contributed by atoms with Crippen LogP contribution in [0.3, 0.4) is 0 Å². The van der Waals surface area contributed by atoms with Crippen molar-refractivity contribution in [2.75, 3.05) is 18.0 Å². The molecule has 1 aliphatic heterocycles. The number of rotatable bonds is 2. The average molecular weight is 253 g/mol. The van der Waals surface area contributed by atoms with E-state index >= 15 is 0 Å². The summed E-state index contributed by atoms with van der Waals surface area (Å²) >= 11 is 0. The van der Waals surface area contributed by atoms with Gasteiger partial charge in [0.15, 0.2) is 0 Å². The molecule has 100 valence electrons. The second-order valence-corrected chi connectivity index (χ2v) is 5.17. The van der Waals surface area contributed by atoms with Crippen LogP contribution in [0.2, 0.25) is 0 Å². The minimum absolute atomic E-state index is 0.265. The number of nitrogens with zero attached hydrogens (tertiary/aromatic N) is 1. The number of anilines is 1. The molecule has 4 heteroatoms. The fraction of sp³-hybridized carbons (Fsp3) is 0.571. The van der Waals surface area contributed by atoms with Gasteiger partial charge in [0, 0.05) is 13.1 Å². The summed E-state index contributed by atoms with van der Waals surface area (Å²) < 4.78 is 14.0. The molecular weight excluding hydrogens is 233 g/mol. The van der Waals surface area contributed by atoms with Gasteiger partial charge < -0.3 is 15.1 Å². The first-order chi connectivity index (χ1) is 8.49. The first kappa shape index (κ1) is 13.3. The number of benzene rings is 1. The Morgan fingerprint density at radius 2 is 2.17 bits per heavy atom. The number of hydrogen-bond acceptors (Lipinski definition) is 3. The molecular formula is C14H20FNO2. The van der Waals surface area contributed by atoms with Gasteiger partial charge in [-0.05, 0) is 37.0 Å². The molecule has 3 atom stereocenters. The Bertz CT molecular complexity index is 422. The Hall–Kier alpha value is -1.13. The normalized spacial score (nSPS) is 26.2. The fourth-order valence-corrected chi connectivity index (χ4v) is 2.31. The van der Waals surface area contributed by atoms with E-state index in [0.29, 0.717) is 17.8 Å². The second-order valence-electron chi connectivity index (χ2n) is 5.17. The van der Waals surface area contributed by atoms with Gasteiger partial charge in [0.2, 0.25) is 0 Å². The van der Waals surface area contributed by atoms with Gasteiger partial charge in [0.25, 0.3) is 0 Å².